The lowest BCUT2D eigenvalue weighted by Crippen LogP contribution is -2.34. The molecule has 0 spiro atoms. The van der Waals surface area contributed by atoms with Gasteiger partial charge in [-0.1, -0.05) is 25.3 Å². The molecule has 1 fully saturated rings. The van der Waals surface area contributed by atoms with Crippen LogP contribution >= 0.6 is 0 Å². The van der Waals surface area contributed by atoms with Gasteiger partial charge in [-0.2, -0.15) is 4.39 Å². The zero-order valence-corrected chi connectivity index (χ0v) is 10.9. The molecule has 0 aromatic heterocycles. The van der Waals surface area contributed by atoms with E-state index in [1.165, 1.54) is 18.6 Å². The highest BCUT2D eigenvalue weighted by atomic mass is 19.1. The molecule has 1 aliphatic carbocycles. The van der Waals surface area contributed by atoms with Crippen LogP contribution in [0, 0.1) is 21.3 Å². The van der Waals surface area contributed by atoms with Crippen LogP contribution in [0.3, 0.4) is 0 Å². The maximum atomic E-state index is 13.6. The van der Waals surface area contributed by atoms with Gasteiger partial charge in [0.05, 0.1) is 4.92 Å². The smallest absolute Gasteiger partial charge is 0.304 e. The Hall–Kier alpha value is -1.49. The first kappa shape index (κ1) is 13.9. The summed E-state index contributed by atoms with van der Waals surface area (Å²) in [7, 11) is 0. The fourth-order valence-electron chi connectivity index (χ4n) is 3.00. The Balaban J connectivity index is 2.18. The SMILES string of the molecule is NCC1(Cc2ccc([N+](=O)[O-])c(F)c2)CCCCC1. The molecule has 0 heterocycles. The molecular formula is C14H19FN2O2. The Morgan fingerprint density at radius 2 is 2.00 bits per heavy atom. The molecular weight excluding hydrogens is 247 g/mol. The van der Waals surface area contributed by atoms with E-state index >= 15 is 0 Å². The van der Waals surface area contributed by atoms with E-state index in [1.807, 2.05) is 0 Å². The first-order valence-corrected chi connectivity index (χ1v) is 6.69. The lowest BCUT2D eigenvalue weighted by molar-refractivity contribution is -0.387. The molecule has 2 rings (SSSR count). The largest absolute Gasteiger partial charge is 0.330 e. The molecule has 2 N–H and O–H groups in total. The van der Waals surface area contributed by atoms with E-state index in [1.54, 1.807) is 6.07 Å². The monoisotopic (exact) mass is 266 g/mol. The number of nitro groups is 1. The van der Waals surface area contributed by atoms with Crippen LogP contribution in [0.4, 0.5) is 10.1 Å². The van der Waals surface area contributed by atoms with Gasteiger partial charge in [0.1, 0.15) is 0 Å². The van der Waals surface area contributed by atoms with Crippen molar-refractivity contribution in [2.75, 3.05) is 6.54 Å². The standard InChI is InChI=1S/C14H19FN2O2/c15-12-8-11(4-5-13(12)17(18)19)9-14(10-16)6-2-1-3-7-14/h4-5,8H,1-3,6-7,9-10,16H2. The number of nitro benzene ring substituents is 1. The van der Waals surface area contributed by atoms with Crippen molar-refractivity contribution in [3.05, 3.63) is 39.7 Å². The van der Waals surface area contributed by atoms with E-state index in [0.717, 1.165) is 31.2 Å². The number of hydrogen-bond acceptors (Lipinski definition) is 3. The van der Waals surface area contributed by atoms with Gasteiger partial charge in [-0.3, -0.25) is 10.1 Å². The summed E-state index contributed by atoms with van der Waals surface area (Å²) in [4.78, 5) is 9.89. The summed E-state index contributed by atoms with van der Waals surface area (Å²) in [6.45, 7) is 0.589. The van der Waals surface area contributed by atoms with Gasteiger partial charge >= 0.3 is 5.69 Å². The number of benzene rings is 1. The van der Waals surface area contributed by atoms with E-state index < -0.39 is 16.4 Å². The number of hydrogen-bond donors (Lipinski definition) is 1. The first-order chi connectivity index (χ1) is 9.06. The highest BCUT2D eigenvalue weighted by Crippen LogP contribution is 2.38. The molecule has 1 saturated carbocycles. The minimum absolute atomic E-state index is 0.0425. The molecule has 0 bridgehead atoms. The fourth-order valence-corrected chi connectivity index (χ4v) is 3.00. The van der Waals surface area contributed by atoms with Gasteiger partial charge in [-0.05, 0) is 42.9 Å². The van der Waals surface area contributed by atoms with Crippen LogP contribution in [-0.4, -0.2) is 11.5 Å². The molecule has 0 aliphatic heterocycles. The van der Waals surface area contributed by atoms with Gasteiger partial charge in [0, 0.05) is 6.07 Å². The van der Waals surface area contributed by atoms with E-state index in [4.69, 9.17) is 5.73 Å². The van der Waals surface area contributed by atoms with Gasteiger partial charge in [-0.15, -0.1) is 0 Å². The van der Waals surface area contributed by atoms with Crippen molar-refractivity contribution in [2.45, 2.75) is 38.5 Å². The Bertz CT molecular complexity index is 471. The van der Waals surface area contributed by atoms with Crippen LogP contribution < -0.4 is 5.73 Å². The molecule has 104 valence electrons. The molecule has 1 aromatic rings. The maximum Gasteiger partial charge on any atom is 0.304 e. The summed E-state index contributed by atoms with van der Waals surface area (Å²) in [6.07, 6.45) is 6.37. The van der Waals surface area contributed by atoms with E-state index in [2.05, 4.69) is 0 Å². The highest BCUT2D eigenvalue weighted by Gasteiger charge is 2.31. The number of rotatable bonds is 4. The van der Waals surface area contributed by atoms with Crippen molar-refractivity contribution in [3.8, 4) is 0 Å². The third kappa shape index (κ3) is 3.10. The number of nitrogens with zero attached hydrogens (tertiary/aromatic N) is 1. The number of halogens is 1. The second-order valence-corrected chi connectivity index (χ2v) is 5.48. The van der Waals surface area contributed by atoms with Gasteiger partial charge in [0.25, 0.3) is 0 Å². The third-order valence-electron chi connectivity index (χ3n) is 4.14. The lowest BCUT2D eigenvalue weighted by Gasteiger charge is -2.36. The summed E-state index contributed by atoms with van der Waals surface area (Å²) in [5.41, 5.74) is 6.28. The number of nitrogens with two attached hydrogens (primary N) is 1. The topological polar surface area (TPSA) is 69.2 Å². The van der Waals surface area contributed by atoms with Crippen molar-refractivity contribution in [2.24, 2.45) is 11.1 Å². The Kier molecular flexibility index (Phi) is 4.14. The Labute approximate surface area is 112 Å². The van der Waals surface area contributed by atoms with Crippen LogP contribution in [0.2, 0.25) is 0 Å². The van der Waals surface area contributed by atoms with E-state index in [-0.39, 0.29) is 5.41 Å². The third-order valence-corrected chi connectivity index (χ3v) is 4.14. The molecule has 1 aliphatic rings. The highest BCUT2D eigenvalue weighted by molar-refractivity contribution is 5.35. The Morgan fingerprint density at radius 1 is 1.32 bits per heavy atom. The van der Waals surface area contributed by atoms with E-state index in [0.29, 0.717) is 13.0 Å². The van der Waals surface area contributed by atoms with Gasteiger partial charge < -0.3 is 5.73 Å². The van der Waals surface area contributed by atoms with Crippen LogP contribution in [0.15, 0.2) is 18.2 Å². The average Bonchev–Trinajstić information content (AvgIpc) is 2.39. The molecule has 5 heteroatoms. The minimum atomic E-state index is -0.759. The zero-order chi connectivity index (χ0) is 13.9. The molecule has 0 amide bonds. The summed E-state index contributed by atoms with van der Waals surface area (Å²) in [5, 5.41) is 10.6. The fraction of sp³-hybridized carbons (Fsp3) is 0.571. The van der Waals surface area contributed by atoms with Crippen molar-refractivity contribution in [3.63, 3.8) is 0 Å². The lowest BCUT2D eigenvalue weighted by atomic mass is 9.70. The predicted molar refractivity (Wildman–Crippen MR) is 71.3 cm³/mol. The predicted octanol–water partition coefficient (Wildman–Crippen LogP) is 3.19. The van der Waals surface area contributed by atoms with Gasteiger partial charge in [0.2, 0.25) is 5.82 Å². The van der Waals surface area contributed by atoms with Crippen molar-refractivity contribution in [1.82, 2.24) is 0 Å². The van der Waals surface area contributed by atoms with Gasteiger partial charge in [0.15, 0.2) is 0 Å². The van der Waals surface area contributed by atoms with Crippen LogP contribution in [-0.2, 0) is 6.42 Å². The molecule has 1 aromatic carbocycles. The quantitative estimate of drug-likeness (QED) is 0.672. The molecule has 4 nitrogen and oxygen atoms in total. The molecule has 0 atom stereocenters. The van der Waals surface area contributed by atoms with Crippen LogP contribution in [0.1, 0.15) is 37.7 Å². The summed E-state index contributed by atoms with van der Waals surface area (Å²) in [6, 6.07) is 4.18. The molecule has 0 radical (unpaired) electrons. The normalized spacial score (nSPS) is 18.2. The van der Waals surface area contributed by atoms with E-state index in [9.17, 15) is 14.5 Å². The first-order valence-electron chi connectivity index (χ1n) is 6.69. The van der Waals surface area contributed by atoms with Crippen molar-refractivity contribution >= 4 is 5.69 Å². The van der Waals surface area contributed by atoms with Crippen molar-refractivity contribution < 1.29 is 9.31 Å². The van der Waals surface area contributed by atoms with Gasteiger partial charge in [-0.25, -0.2) is 0 Å². The van der Waals surface area contributed by atoms with Crippen LogP contribution in [0.5, 0.6) is 0 Å². The average molecular weight is 266 g/mol. The minimum Gasteiger partial charge on any atom is -0.330 e. The second kappa shape index (κ2) is 5.65. The zero-order valence-electron chi connectivity index (χ0n) is 10.9. The summed E-state index contributed by atoms with van der Waals surface area (Å²) in [5.74, 6) is -0.759. The molecule has 19 heavy (non-hydrogen) atoms. The summed E-state index contributed by atoms with van der Waals surface area (Å²) >= 11 is 0. The maximum absolute atomic E-state index is 13.6. The van der Waals surface area contributed by atoms with Crippen LogP contribution in [0.25, 0.3) is 0 Å². The summed E-state index contributed by atoms with van der Waals surface area (Å²) < 4.78 is 13.6. The second-order valence-electron chi connectivity index (χ2n) is 5.48. The van der Waals surface area contributed by atoms with Crippen molar-refractivity contribution in [1.29, 1.82) is 0 Å². The molecule has 0 unspecified atom stereocenters. The molecule has 0 saturated heterocycles. The Morgan fingerprint density at radius 3 is 2.53 bits per heavy atom.